The average Bonchev–Trinajstić information content (AvgIpc) is 2.58. The van der Waals surface area contributed by atoms with Crippen LogP contribution in [-0.4, -0.2) is 23.0 Å². The molecule has 0 fully saturated rings. The van der Waals surface area contributed by atoms with Crippen molar-refractivity contribution in [1.82, 2.24) is 5.32 Å². The number of benzene rings is 2. The van der Waals surface area contributed by atoms with Crippen molar-refractivity contribution >= 4 is 11.9 Å². The van der Waals surface area contributed by atoms with Crippen molar-refractivity contribution in [2.45, 2.75) is 31.7 Å². The van der Waals surface area contributed by atoms with E-state index in [0.29, 0.717) is 12.8 Å². The van der Waals surface area contributed by atoms with Gasteiger partial charge in [0, 0.05) is 5.56 Å². The highest BCUT2D eigenvalue weighted by Gasteiger charge is 2.21. The lowest BCUT2D eigenvalue weighted by atomic mass is 10.0. The number of carboxylic acid groups (broad SMARTS) is 1. The van der Waals surface area contributed by atoms with Gasteiger partial charge in [0.25, 0.3) is 0 Å². The number of halogens is 2. The van der Waals surface area contributed by atoms with Crippen LogP contribution in [0.5, 0.6) is 0 Å². The van der Waals surface area contributed by atoms with Crippen LogP contribution in [0.15, 0.2) is 48.5 Å². The SMILES string of the molecule is O=C(Cc1c(F)cccc1F)N[C@@H](CCCc1ccccc1)C(=O)O. The Labute approximate surface area is 144 Å². The molecule has 0 saturated heterocycles. The van der Waals surface area contributed by atoms with Gasteiger partial charge in [0.15, 0.2) is 0 Å². The smallest absolute Gasteiger partial charge is 0.326 e. The van der Waals surface area contributed by atoms with Crippen LogP contribution in [0.1, 0.15) is 24.0 Å². The fourth-order valence-corrected chi connectivity index (χ4v) is 2.52. The monoisotopic (exact) mass is 347 g/mol. The molecule has 132 valence electrons. The number of carboxylic acids is 1. The second kappa shape index (κ2) is 8.92. The first-order valence-electron chi connectivity index (χ1n) is 7.96. The summed E-state index contributed by atoms with van der Waals surface area (Å²) < 4.78 is 27.1. The molecule has 0 aliphatic heterocycles. The van der Waals surface area contributed by atoms with Gasteiger partial charge in [0.05, 0.1) is 6.42 Å². The normalized spacial score (nSPS) is 11.8. The van der Waals surface area contributed by atoms with Crippen molar-refractivity contribution in [3.05, 3.63) is 71.3 Å². The Kier molecular flexibility index (Phi) is 6.62. The van der Waals surface area contributed by atoms with E-state index in [2.05, 4.69) is 5.32 Å². The van der Waals surface area contributed by atoms with Gasteiger partial charge in [-0.3, -0.25) is 4.79 Å². The topological polar surface area (TPSA) is 66.4 Å². The van der Waals surface area contributed by atoms with Crippen LogP contribution in [0.4, 0.5) is 8.78 Å². The third kappa shape index (κ3) is 5.67. The number of hydrogen-bond donors (Lipinski definition) is 2. The minimum atomic E-state index is -1.17. The lowest BCUT2D eigenvalue weighted by Crippen LogP contribution is -2.41. The van der Waals surface area contributed by atoms with Crippen LogP contribution in [0.3, 0.4) is 0 Å². The van der Waals surface area contributed by atoms with Crippen molar-refractivity contribution in [3.63, 3.8) is 0 Å². The van der Waals surface area contributed by atoms with E-state index in [1.165, 1.54) is 6.07 Å². The number of rotatable bonds is 8. The third-order valence-electron chi connectivity index (χ3n) is 3.83. The Hall–Kier alpha value is -2.76. The van der Waals surface area contributed by atoms with Gasteiger partial charge >= 0.3 is 5.97 Å². The molecule has 0 radical (unpaired) electrons. The molecule has 2 rings (SSSR count). The Balaban J connectivity index is 1.90. The minimum Gasteiger partial charge on any atom is -0.480 e. The van der Waals surface area contributed by atoms with Crippen LogP contribution in [-0.2, 0) is 22.4 Å². The first kappa shape index (κ1) is 18.6. The zero-order valence-corrected chi connectivity index (χ0v) is 13.5. The van der Waals surface area contributed by atoms with Crippen LogP contribution < -0.4 is 5.32 Å². The van der Waals surface area contributed by atoms with Crippen LogP contribution in [0.2, 0.25) is 0 Å². The molecule has 0 aliphatic rings. The molecule has 2 aromatic carbocycles. The van der Waals surface area contributed by atoms with Crippen molar-refractivity contribution < 1.29 is 23.5 Å². The molecule has 0 spiro atoms. The number of carbonyl (C=O) groups is 2. The second-order valence-corrected chi connectivity index (χ2v) is 5.71. The van der Waals surface area contributed by atoms with E-state index in [1.54, 1.807) is 0 Å². The van der Waals surface area contributed by atoms with Crippen LogP contribution in [0, 0.1) is 11.6 Å². The lowest BCUT2D eigenvalue weighted by Gasteiger charge is -2.15. The zero-order valence-electron chi connectivity index (χ0n) is 13.5. The highest BCUT2D eigenvalue weighted by atomic mass is 19.1. The number of amides is 1. The van der Waals surface area contributed by atoms with Crippen LogP contribution in [0.25, 0.3) is 0 Å². The highest BCUT2D eigenvalue weighted by molar-refractivity contribution is 5.84. The van der Waals surface area contributed by atoms with Gasteiger partial charge in [0.1, 0.15) is 17.7 Å². The van der Waals surface area contributed by atoms with Crippen molar-refractivity contribution in [2.75, 3.05) is 0 Å². The Morgan fingerprint density at radius 3 is 2.24 bits per heavy atom. The van der Waals surface area contributed by atoms with E-state index in [1.807, 2.05) is 30.3 Å². The molecule has 0 saturated carbocycles. The predicted octanol–water partition coefficient (Wildman–Crippen LogP) is 3.10. The van der Waals surface area contributed by atoms with Crippen molar-refractivity contribution in [3.8, 4) is 0 Å². The molecule has 2 aromatic rings. The Morgan fingerprint density at radius 1 is 1.00 bits per heavy atom. The molecule has 4 nitrogen and oxygen atoms in total. The van der Waals surface area contributed by atoms with Gasteiger partial charge in [0.2, 0.25) is 5.91 Å². The number of aliphatic carboxylic acids is 1. The summed E-state index contributed by atoms with van der Waals surface area (Å²) in [5, 5.41) is 11.6. The highest BCUT2D eigenvalue weighted by Crippen LogP contribution is 2.13. The van der Waals surface area contributed by atoms with E-state index in [4.69, 9.17) is 0 Å². The molecule has 0 heterocycles. The van der Waals surface area contributed by atoms with E-state index in [0.717, 1.165) is 17.7 Å². The molecule has 0 unspecified atom stereocenters. The molecular weight excluding hydrogens is 328 g/mol. The van der Waals surface area contributed by atoms with Gasteiger partial charge in [-0.25, -0.2) is 13.6 Å². The Morgan fingerprint density at radius 2 is 1.64 bits per heavy atom. The Bertz CT molecular complexity index is 714. The number of carbonyl (C=O) groups excluding carboxylic acids is 1. The maximum atomic E-state index is 13.6. The summed E-state index contributed by atoms with van der Waals surface area (Å²) in [6.45, 7) is 0. The average molecular weight is 347 g/mol. The van der Waals surface area contributed by atoms with Gasteiger partial charge < -0.3 is 10.4 Å². The summed E-state index contributed by atoms with van der Waals surface area (Å²) in [5.74, 6) is -3.55. The minimum absolute atomic E-state index is 0.232. The standard InChI is InChI=1S/C19H19F2NO3/c20-15-9-5-10-16(21)14(15)12-18(23)22-17(19(24)25)11-4-8-13-6-2-1-3-7-13/h1-3,5-7,9-10,17H,4,8,11-12H2,(H,22,23)(H,24,25)/t17-/m0/s1. The second-order valence-electron chi connectivity index (χ2n) is 5.71. The number of hydrogen-bond acceptors (Lipinski definition) is 2. The lowest BCUT2D eigenvalue weighted by molar-refractivity contribution is -0.142. The maximum Gasteiger partial charge on any atom is 0.326 e. The summed E-state index contributed by atoms with van der Waals surface area (Å²) in [6, 6.07) is 11.8. The molecule has 2 N–H and O–H groups in total. The number of nitrogens with one attached hydrogen (secondary N) is 1. The molecule has 1 amide bonds. The summed E-state index contributed by atoms with van der Waals surface area (Å²) >= 11 is 0. The van der Waals surface area contributed by atoms with Gasteiger partial charge in [-0.05, 0) is 37.0 Å². The molecule has 0 aromatic heterocycles. The molecule has 0 aliphatic carbocycles. The summed E-state index contributed by atoms with van der Waals surface area (Å²) in [4.78, 5) is 23.3. The van der Waals surface area contributed by atoms with E-state index < -0.39 is 36.0 Å². The van der Waals surface area contributed by atoms with Crippen LogP contribution >= 0.6 is 0 Å². The first-order valence-corrected chi connectivity index (χ1v) is 7.96. The molecule has 6 heteroatoms. The molecule has 25 heavy (non-hydrogen) atoms. The van der Waals surface area contributed by atoms with Gasteiger partial charge in [-0.1, -0.05) is 36.4 Å². The fraction of sp³-hybridized carbons (Fsp3) is 0.263. The first-order chi connectivity index (χ1) is 12.0. The summed E-state index contributed by atoms with van der Waals surface area (Å²) in [6.07, 6.45) is 0.939. The third-order valence-corrected chi connectivity index (χ3v) is 3.83. The molecule has 0 bridgehead atoms. The van der Waals surface area contributed by atoms with Gasteiger partial charge in [-0.15, -0.1) is 0 Å². The quantitative estimate of drug-likeness (QED) is 0.771. The number of aryl methyl sites for hydroxylation is 1. The van der Waals surface area contributed by atoms with E-state index in [9.17, 15) is 23.5 Å². The van der Waals surface area contributed by atoms with E-state index in [-0.39, 0.29) is 12.0 Å². The van der Waals surface area contributed by atoms with Gasteiger partial charge in [-0.2, -0.15) is 0 Å². The summed E-state index contributed by atoms with van der Waals surface area (Å²) in [5.41, 5.74) is 0.708. The summed E-state index contributed by atoms with van der Waals surface area (Å²) in [7, 11) is 0. The fourth-order valence-electron chi connectivity index (χ4n) is 2.52. The predicted molar refractivity (Wildman–Crippen MR) is 89.0 cm³/mol. The molecular formula is C19H19F2NO3. The zero-order chi connectivity index (χ0) is 18.2. The van der Waals surface area contributed by atoms with Crippen molar-refractivity contribution in [2.24, 2.45) is 0 Å². The van der Waals surface area contributed by atoms with Crippen molar-refractivity contribution in [1.29, 1.82) is 0 Å². The molecule has 1 atom stereocenters. The largest absolute Gasteiger partial charge is 0.480 e. The van der Waals surface area contributed by atoms with E-state index >= 15 is 0 Å². The maximum absolute atomic E-state index is 13.6.